The summed E-state index contributed by atoms with van der Waals surface area (Å²) in [6.45, 7) is 8.62. The zero-order chi connectivity index (χ0) is 25.9. The molecule has 196 valence electrons. The van der Waals surface area contributed by atoms with E-state index in [4.69, 9.17) is 14.2 Å². The molecule has 1 N–H and O–H groups in total. The number of carbonyl (C=O) groups is 1. The van der Waals surface area contributed by atoms with Crippen molar-refractivity contribution in [2.45, 2.75) is 57.8 Å². The van der Waals surface area contributed by atoms with Crippen LogP contribution < -0.4 is 19.3 Å². The Morgan fingerprint density at radius 2 is 1.92 bits per heavy atom. The van der Waals surface area contributed by atoms with Crippen LogP contribution >= 0.6 is 0 Å². The van der Waals surface area contributed by atoms with Gasteiger partial charge in [0, 0.05) is 56.9 Å². The van der Waals surface area contributed by atoms with Gasteiger partial charge in [0.25, 0.3) is 0 Å². The second-order valence-corrected chi connectivity index (χ2v) is 10.1. The summed E-state index contributed by atoms with van der Waals surface area (Å²) in [7, 11) is 1.68. The summed E-state index contributed by atoms with van der Waals surface area (Å²) in [5.41, 5.74) is 1.16. The van der Waals surface area contributed by atoms with Crippen LogP contribution in [-0.4, -0.2) is 62.2 Å². The Hall–Kier alpha value is -3.00. The fraction of sp³-hybridized carbons (Fsp3) is 0.536. The molecule has 0 aromatic heterocycles. The van der Waals surface area contributed by atoms with Crippen molar-refractivity contribution in [3.63, 3.8) is 0 Å². The lowest BCUT2D eigenvalue weighted by Crippen LogP contribution is -2.44. The molecule has 8 heteroatoms. The summed E-state index contributed by atoms with van der Waals surface area (Å²) < 4.78 is 32.1. The molecule has 0 aliphatic carbocycles. The first-order valence-electron chi connectivity index (χ1n) is 12.7. The van der Waals surface area contributed by atoms with Gasteiger partial charge in [-0.3, -0.25) is 4.79 Å². The van der Waals surface area contributed by atoms with Gasteiger partial charge in [-0.05, 0) is 56.7 Å². The number of carboxylic acids is 1. The van der Waals surface area contributed by atoms with E-state index in [1.54, 1.807) is 19.2 Å². The zero-order valence-electron chi connectivity index (χ0n) is 21.6. The molecule has 0 unspecified atom stereocenters. The largest absolute Gasteiger partial charge is 0.494 e. The highest BCUT2D eigenvalue weighted by atomic mass is 19.1. The number of hydrogen-bond donors (Lipinski definition) is 1. The minimum Gasteiger partial charge on any atom is -0.494 e. The summed E-state index contributed by atoms with van der Waals surface area (Å²) in [6, 6.07) is 12.6. The first-order chi connectivity index (χ1) is 17.2. The summed E-state index contributed by atoms with van der Waals surface area (Å²) in [6.07, 6.45) is 1.54. The number of aliphatic carboxylic acids is 1. The first kappa shape index (κ1) is 26.1. The van der Waals surface area contributed by atoms with Crippen molar-refractivity contribution in [2.75, 3.05) is 43.2 Å². The number of nitrogens with zero attached hydrogens (tertiary/aromatic N) is 2. The van der Waals surface area contributed by atoms with Gasteiger partial charge in [0.2, 0.25) is 0 Å². The number of methoxy groups -OCH3 is 1. The maximum atomic E-state index is 14.5. The molecule has 2 fully saturated rings. The van der Waals surface area contributed by atoms with Crippen molar-refractivity contribution >= 4 is 17.3 Å². The van der Waals surface area contributed by atoms with Crippen molar-refractivity contribution in [3.8, 4) is 11.5 Å². The Morgan fingerprint density at radius 3 is 2.56 bits per heavy atom. The molecule has 2 aromatic carbocycles. The molecule has 2 heterocycles. The first-order valence-corrected chi connectivity index (χ1v) is 12.7. The van der Waals surface area contributed by atoms with Gasteiger partial charge in [0.15, 0.2) is 0 Å². The molecular weight excluding hydrogens is 463 g/mol. The standard InChI is InChI=1S/C28H37FN2O5/c1-5-35-23-10-11-24(29)25(15-23)30-13-12-26(19(2)17-30)36-22-8-6-20(7-9-22)31-18-28(3,34-4)16-21(31)14-27(32)33/h6-11,15,19,21,26H,5,12-14,16-18H2,1-4H3,(H,32,33)/t19-,21+,26-,28-/m1/s1. The van der Waals surface area contributed by atoms with E-state index < -0.39 is 5.97 Å². The number of hydrogen-bond acceptors (Lipinski definition) is 6. The fourth-order valence-electron chi connectivity index (χ4n) is 5.40. The van der Waals surface area contributed by atoms with Gasteiger partial charge < -0.3 is 29.1 Å². The van der Waals surface area contributed by atoms with Gasteiger partial charge in [-0.2, -0.15) is 0 Å². The molecule has 0 amide bonds. The predicted molar refractivity (Wildman–Crippen MR) is 138 cm³/mol. The lowest BCUT2D eigenvalue weighted by molar-refractivity contribution is -0.137. The smallest absolute Gasteiger partial charge is 0.305 e. The number of anilines is 2. The SMILES string of the molecule is CCOc1ccc(F)c(N2CC[C@@H](Oc3ccc(N4C[C@](C)(OC)C[C@@H]4CC(=O)O)cc3)[C@H](C)C2)c1. The zero-order valence-corrected chi connectivity index (χ0v) is 21.6. The number of piperidine rings is 1. The van der Waals surface area contributed by atoms with E-state index >= 15 is 0 Å². The van der Waals surface area contributed by atoms with Gasteiger partial charge in [0.1, 0.15) is 23.4 Å². The van der Waals surface area contributed by atoms with Gasteiger partial charge in [-0.15, -0.1) is 0 Å². The number of carboxylic acid groups (broad SMARTS) is 1. The number of benzene rings is 2. The lowest BCUT2D eigenvalue weighted by atomic mass is 9.95. The summed E-state index contributed by atoms with van der Waals surface area (Å²) in [5, 5.41) is 9.36. The Bertz CT molecular complexity index is 1050. The van der Waals surface area contributed by atoms with E-state index in [9.17, 15) is 14.3 Å². The Morgan fingerprint density at radius 1 is 1.19 bits per heavy atom. The highest BCUT2D eigenvalue weighted by molar-refractivity contribution is 5.69. The van der Waals surface area contributed by atoms with Gasteiger partial charge in [0.05, 0.1) is 24.3 Å². The molecule has 2 aliphatic heterocycles. The molecule has 4 atom stereocenters. The minimum absolute atomic E-state index is 0.0218. The highest BCUT2D eigenvalue weighted by Gasteiger charge is 2.42. The molecule has 2 saturated heterocycles. The van der Waals surface area contributed by atoms with Crippen molar-refractivity contribution in [2.24, 2.45) is 5.92 Å². The Labute approximate surface area is 212 Å². The molecule has 0 radical (unpaired) electrons. The average Bonchev–Trinajstić information content (AvgIpc) is 3.18. The summed E-state index contributed by atoms with van der Waals surface area (Å²) >= 11 is 0. The van der Waals surface area contributed by atoms with E-state index in [1.165, 1.54) is 6.07 Å². The van der Waals surface area contributed by atoms with Crippen LogP contribution in [0, 0.1) is 11.7 Å². The van der Waals surface area contributed by atoms with Crippen molar-refractivity contribution in [3.05, 3.63) is 48.3 Å². The number of halogens is 1. The van der Waals surface area contributed by atoms with E-state index in [0.29, 0.717) is 44.1 Å². The molecule has 0 bridgehead atoms. The molecule has 4 rings (SSSR count). The van der Waals surface area contributed by atoms with Crippen molar-refractivity contribution < 1.29 is 28.5 Å². The highest BCUT2D eigenvalue weighted by Crippen LogP contribution is 2.36. The predicted octanol–water partition coefficient (Wildman–Crippen LogP) is 4.98. The molecule has 2 aromatic rings. The number of rotatable bonds is 9. The third-order valence-electron chi connectivity index (χ3n) is 7.37. The van der Waals surface area contributed by atoms with Crippen molar-refractivity contribution in [1.82, 2.24) is 0 Å². The normalized spacial score (nSPS) is 26.2. The molecule has 36 heavy (non-hydrogen) atoms. The van der Waals surface area contributed by atoms with Crippen LogP contribution in [0.3, 0.4) is 0 Å². The van der Waals surface area contributed by atoms with E-state index in [2.05, 4.69) is 16.7 Å². The quantitative estimate of drug-likeness (QED) is 0.521. The maximum Gasteiger partial charge on any atom is 0.305 e. The molecule has 2 aliphatic rings. The fourth-order valence-corrected chi connectivity index (χ4v) is 5.40. The van der Waals surface area contributed by atoms with Crippen LogP contribution in [0.25, 0.3) is 0 Å². The molecule has 0 saturated carbocycles. The summed E-state index contributed by atoms with van der Waals surface area (Å²) in [4.78, 5) is 15.6. The van der Waals surface area contributed by atoms with Crippen molar-refractivity contribution in [1.29, 1.82) is 0 Å². The average molecular weight is 501 g/mol. The van der Waals surface area contributed by atoms with Crippen LogP contribution in [0.2, 0.25) is 0 Å². The molecular formula is C28H37FN2O5. The number of ether oxygens (including phenoxy) is 3. The lowest BCUT2D eigenvalue weighted by Gasteiger charge is -2.38. The van der Waals surface area contributed by atoms with Gasteiger partial charge >= 0.3 is 5.97 Å². The third kappa shape index (κ3) is 5.86. The third-order valence-corrected chi connectivity index (χ3v) is 7.37. The second-order valence-electron chi connectivity index (χ2n) is 10.1. The van der Waals surface area contributed by atoms with Crippen LogP contribution in [0.1, 0.15) is 40.0 Å². The Balaban J connectivity index is 1.39. The molecule has 0 spiro atoms. The maximum absolute atomic E-state index is 14.5. The minimum atomic E-state index is -0.810. The van der Waals surface area contributed by atoms with E-state index in [-0.39, 0.29) is 35.9 Å². The second kappa shape index (κ2) is 10.9. The van der Waals surface area contributed by atoms with Crippen LogP contribution in [-0.2, 0) is 9.53 Å². The monoisotopic (exact) mass is 500 g/mol. The van der Waals surface area contributed by atoms with E-state index in [0.717, 1.165) is 17.9 Å². The van der Waals surface area contributed by atoms with Gasteiger partial charge in [-0.25, -0.2) is 4.39 Å². The topological polar surface area (TPSA) is 71.5 Å². The van der Waals surface area contributed by atoms with Crippen LogP contribution in [0.4, 0.5) is 15.8 Å². The summed E-state index contributed by atoms with van der Waals surface area (Å²) in [5.74, 6) is 0.601. The van der Waals surface area contributed by atoms with E-state index in [1.807, 2.05) is 38.1 Å². The molecule has 7 nitrogen and oxygen atoms in total. The van der Waals surface area contributed by atoms with Crippen LogP contribution in [0.15, 0.2) is 42.5 Å². The van der Waals surface area contributed by atoms with Gasteiger partial charge in [-0.1, -0.05) is 6.92 Å². The van der Waals surface area contributed by atoms with Crippen LogP contribution in [0.5, 0.6) is 11.5 Å². The Kier molecular flexibility index (Phi) is 7.93.